The maximum Gasteiger partial charge on any atom is 0.266 e. The molecule has 0 saturated heterocycles. The number of fused-ring (bicyclic) bond motifs is 1. The van der Waals surface area contributed by atoms with Gasteiger partial charge < -0.3 is 10.1 Å². The van der Waals surface area contributed by atoms with Gasteiger partial charge in [-0.3, -0.25) is 4.79 Å². The zero-order valence-electron chi connectivity index (χ0n) is 17.2. The summed E-state index contributed by atoms with van der Waals surface area (Å²) < 4.78 is 7.54. The molecule has 0 aliphatic carbocycles. The molecular formula is C21H20ClN7O2. The molecule has 4 heterocycles. The number of halogens is 1. The van der Waals surface area contributed by atoms with Gasteiger partial charge in [-0.1, -0.05) is 31.5 Å². The van der Waals surface area contributed by atoms with Gasteiger partial charge in [0.05, 0.1) is 11.2 Å². The Morgan fingerprint density at radius 3 is 2.68 bits per heavy atom. The number of nitrogens with zero attached hydrogens (tertiary/aromatic N) is 6. The lowest BCUT2D eigenvalue weighted by Crippen LogP contribution is -2.37. The summed E-state index contributed by atoms with van der Waals surface area (Å²) in [6.07, 6.45) is 5.41. The molecule has 9 nitrogen and oxygen atoms in total. The van der Waals surface area contributed by atoms with E-state index in [0.29, 0.717) is 27.7 Å². The van der Waals surface area contributed by atoms with Crippen LogP contribution < -0.4 is 10.1 Å². The van der Waals surface area contributed by atoms with Crippen LogP contribution in [-0.4, -0.2) is 41.7 Å². The molecule has 0 fully saturated rings. The molecule has 0 spiro atoms. The molecule has 31 heavy (non-hydrogen) atoms. The van der Waals surface area contributed by atoms with Crippen molar-refractivity contribution in [2.45, 2.75) is 26.9 Å². The van der Waals surface area contributed by atoms with Crippen LogP contribution in [0.5, 0.6) is 5.88 Å². The molecule has 10 heteroatoms. The molecule has 158 valence electrons. The number of nitrogens with one attached hydrogen (secondary N) is 1. The normalized spacial score (nSPS) is 12.2. The standard InChI is InChI=1S/C21H20ClN7O2/c1-12(2)17(20(30)28-16-7-6-13(3)9-24-16)31-21-14-10-27-29(18(14)25-11-26-21)19-15(22)5-4-8-23-19/h4-12,17H,1-3H3,(H,24,28,30)/t17-/m0/s1. The van der Waals surface area contributed by atoms with Gasteiger partial charge in [0.2, 0.25) is 5.88 Å². The predicted molar refractivity (Wildman–Crippen MR) is 116 cm³/mol. The highest BCUT2D eigenvalue weighted by atomic mass is 35.5. The zero-order valence-corrected chi connectivity index (χ0v) is 17.9. The molecule has 0 saturated carbocycles. The van der Waals surface area contributed by atoms with Gasteiger partial charge >= 0.3 is 0 Å². The Bertz CT molecular complexity index is 1220. The van der Waals surface area contributed by atoms with Crippen LogP contribution in [0, 0.1) is 12.8 Å². The molecule has 0 aromatic carbocycles. The highest BCUT2D eigenvalue weighted by molar-refractivity contribution is 6.32. The van der Waals surface area contributed by atoms with Crippen LogP contribution in [0.15, 0.2) is 49.2 Å². The number of hydrogen-bond acceptors (Lipinski definition) is 7. The summed E-state index contributed by atoms with van der Waals surface area (Å²) in [5, 5.41) is 8.09. The lowest BCUT2D eigenvalue weighted by Gasteiger charge is -2.21. The van der Waals surface area contributed by atoms with E-state index in [4.69, 9.17) is 16.3 Å². The molecule has 0 unspecified atom stereocenters. The first-order chi connectivity index (χ1) is 14.9. The number of pyridine rings is 2. The molecule has 0 radical (unpaired) electrons. The molecule has 1 N–H and O–H groups in total. The average Bonchev–Trinajstić information content (AvgIpc) is 3.18. The highest BCUT2D eigenvalue weighted by Crippen LogP contribution is 2.27. The number of rotatable bonds is 6. The zero-order chi connectivity index (χ0) is 22.0. The first-order valence-electron chi connectivity index (χ1n) is 9.64. The molecule has 4 aromatic heterocycles. The van der Waals surface area contributed by atoms with Gasteiger partial charge in [-0.05, 0) is 36.6 Å². The van der Waals surface area contributed by atoms with Crippen LogP contribution in [0.25, 0.3) is 16.9 Å². The van der Waals surface area contributed by atoms with Crippen LogP contribution in [0.4, 0.5) is 5.82 Å². The lowest BCUT2D eigenvalue weighted by atomic mass is 10.1. The molecule has 1 amide bonds. The number of carbonyl (C=O) groups is 1. The third-order valence-electron chi connectivity index (χ3n) is 4.53. The number of carbonyl (C=O) groups excluding carboxylic acids is 1. The fourth-order valence-corrected chi connectivity index (χ4v) is 3.16. The van der Waals surface area contributed by atoms with Crippen molar-refractivity contribution in [1.29, 1.82) is 0 Å². The van der Waals surface area contributed by atoms with E-state index in [1.54, 1.807) is 36.8 Å². The summed E-state index contributed by atoms with van der Waals surface area (Å²) in [6, 6.07) is 7.07. The van der Waals surface area contributed by atoms with Crippen molar-refractivity contribution in [3.05, 3.63) is 59.8 Å². The van der Waals surface area contributed by atoms with Crippen molar-refractivity contribution >= 4 is 34.4 Å². The summed E-state index contributed by atoms with van der Waals surface area (Å²) in [4.78, 5) is 29.9. The molecule has 0 aliphatic heterocycles. The second kappa shape index (κ2) is 8.65. The van der Waals surface area contributed by atoms with Gasteiger partial charge in [0, 0.05) is 12.4 Å². The molecular weight excluding hydrogens is 418 g/mol. The van der Waals surface area contributed by atoms with E-state index in [0.717, 1.165) is 5.56 Å². The highest BCUT2D eigenvalue weighted by Gasteiger charge is 2.27. The number of aryl methyl sites for hydroxylation is 1. The Labute approximate surface area is 183 Å². The molecule has 1 atom stereocenters. The molecule has 0 aliphatic rings. The Morgan fingerprint density at radius 1 is 1.13 bits per heavy atom. The Balaban J connectivity index is 1.63. The van der Waals surface area contributed by atoms with Gasteiger partial charge in [0.15, 0.2) is 17.6 Å². The maximum absolute atomic E-state index is 12.9. The number of hydrogen-bond donors (Lipinski definition) is 1. The van der Waals surface area contributed by atoms with Crippen molar-refractivity contribution in [2.75, 3.05) is 5.32 Å². The van der Waals surface area contributed by atoms with E-state index >= 15 is 0 Å². The van der Waals surface area contributed by atoms with Gasteiger partial charge in [0.1, 0.15) is 17.5 Å². The lowest BCUT2D eigenvalue weighted by molar-refractivity contribution is -0.124. The van der Waals surface area contributed by atoms with Gasteiger partial charge in [-0.2, -0.15) is 9.78 Å². The third-order valence-corrected chi connectivity index (χ3v) is 4.83. The number of amides is 1. The quantitative estimate of drug-likeness (QED) is 0.490. The van der Waals surface area contributed by atoms with Gasteiger partial charge in [-0.25, -0.2) is 19.9 Å². The predicted octanol–water partition coefficient (Wildman–Crippen LogP) is 3.61. The van der Waals surface area contributed by atoms with Gasteiger partial charge in [-0.15, -0.1) is 0 Å². The van der Waals surface area contributed by atoms with E-state index in [-0.39, 0.29) is 17.7 Å². The van der Waals surface area contributed by atoms with E-state index in [1.165, 1.54) is 11.0 Å². The Hall–Kier alpha value is -3.59. The van der Waals surface area contributed by atoms with E-state index in [9.17, 15) is 4.79 Å². The summed E-state index contributed by atoms with van der Waals surface area (Å²) in [5.41, 5.74) is 1.47. The molecule has 0 bridgehead atoms. The first kappa shape index (κ1) is 20.7. The topological polar surface area (TPSA) is 108 Å². The Kier molecular flexibility index (Phi) is 5.77. The SMILES string of the molecule is Cc1ccc(NC(=O)[C@@H](Oc2ncnc3c2cnn3-c2ncccc2Cl)C(C)C)nc1. The monoisotopic (exact) mass is 437 g/mol. The van der Waals surface area contributed by atoms with E-state index < -0.39 is 6.10 Å². The van der Waals surface area contributed by atoms with Crippen LogP contribution in [-0.2, 0) is 4.79 Å². The van der Waals surface area contributed by atoms with Crippen LogP contribution in [0.1, 0.15) is 19.4 Å². The minimum absolute atomic E-state index is 0.129. The van der Waals surface area contributed by atoms with Crippen molar-refractivity contribution in [3.8, 4) is 11.7 Å². The summed E-state index contributed by atoms with van der Waals surface area (Å²) >= 11 is 6.25. The fourth-order valence-electron chi connectivity index (χ4n) is 2.96. The van der Waals surface area contributed by atoms with Crippen LogP contribution >= 0.6 is 11.6 Å². The summed E-state index contributed by atoms with van der Waals surface area (Å²) in [5.74, 6) is 0.686. The average molecular weight is 438 g/mol. The maximum atomic E-state index is 12.9. The number of aromatic nitrogens is 6. The van der Waals surface area contributed by atoms with E-state index in [1.807, 2.05) is 26.8 Å². The van der Waals surface area contributed by atoms with Crippen LogP contribution in [0.3, 0.4) is 0 Å². The minimum atomic E-state index is -0.803. The molecule has 4 aromatic rings. The smallest absolute Gasteiger partial charge is 0.266 e. The number of anilines is 1. The van der Waals surface area contributed by atoms with Crippen molar-refractivity contribution in [2.24, 2.45) is 5.92 Å². The fraction of sp³-hybridized carbons (Fsp3) is 0.238. The van der Waals surface area contributed by atoms with Crippen molar-refractivity contribution < 1.29 is 9.53 Å². The number of ether oxygens (including phenoxy) is 1. The third kappa shape index (κ3) is 4.31. The molecule has 4 rings (SSSR count). The van der Waals surface area contributed by atoms with Gasteiger partial charge in [0.25, 0.3) is 5.91 Å². The second-order valence-corrected chi connectivity index (χ2v) is 7.68. The first-order valence-corrected chi connectivity index (χ1v) is 10.0. The second-order valence-electron chi connectivity index (χ2n) is 7.27. The largest absolute Gasteiger partial charge is 0.463 e. The minimum Gasteiger partial charge on any atom is -0.463 e. The van der Waals surface area contributed by atoms with Crippen LogP contribution in [0.2, 0.25) is 5.02 Å². The van der Waals surface area contributed by atoms with Crippen molar-refractivity contribution in [1.82, 2.24) is 29.7 Å². The summed E-state index contributed by atoms with van der Waals surface area (Å²) in [6.45, 7) is 5.71. The summed E-state index contributed by atoms with van der Waals surface area (Å²) in [7, 11) is 0. The van der Waals surface area contributed by atoms with Crippen molar-refractivity contribution in [3.63, 3.8) is 0 Å². The Morgan fingerprint density at radius 2 is 1.97 bits per heavy atom. The van der Waals surface area contributed by atoms with E-state index in [2.05, 4.69) is 30.4 Å².